The van der Waals surface area contributed by atoms with Crippen LogP contribution in [0.2, 0.25) is 0 Å². The smallest absolute Gasteiger partial charge is 0.196 e. The molecule has 2 aromatic heterocycles. The van der Waals surface area contributed by atoms with Crippen molar-refractivity contribution in [2.75, 3.05) is 0 Å². The normalized spacial score (nSPS) is 13.7. The van der Waals surface area contributed by atoms with Gasteiger partial charge in [0.15, 0.2) is 11.0 Å². The second-order valence-electron chi connectivity index (χ2n) is 7.94. The van der Waals surface area contributed by atoms with Gasteiger partial charge in [-0.25, -0.2) is 0 Å². The third-order valence-electron chi connectivity index (χ3n) is 5.76. The average Bonchev–Trinajstić information content (AvgIpc) is 3.54. The van der Waals surface area contributed by atoms with E-state index in [1.807, 2.05) is 71.4 Å². The lowest BCUT2D eigenvalue weighted by Crippen LogP contribution is -2.08. The van der Waals surface area contributed by atoms with Crippen LogP contribution in [0.5, 0.6) is 5.75 Å². The molecule has 0 unspecified atom stereocenters. The van der Waals surface area contributed by atoms with Crippen LogP contribution in [0.25, 0.3) is 16.8 Å². The summed E-state index contributed by atoms with van der Waals surface area (Å²) in [6, 6.07) is 21.5. The van der Waals surface area contributed by atoms with Crippen LogP contribution in [0, 0.1) is 11.3 Å². The SMILES string of the molecule is N#Cc1ccccc1-c1ccc(OCc2nnc(SC3CCCC3)n2-c2cccnc2)cc1. The van der Waals surface area contributed by atoms with E-state index in [2.05, 4.69) is 21.3 Å². The Balaban J connectivity index is 1.35. The van der Waals surface area contributed by atoms with Crippen molar-refractivity contribution in [3.05, 3.63) is 84.4 Å². The number of nitrogens with zero attached hydrogens (tertiary/aromatic N) is 5. The highest BCUT2D eigenvalue weighted by Gasteiger charge is 2.22. The maximum atomic E-state index is 9.36. The molecule has 6 nitrogen and oxygen atoms in total. The molecule has 0 radical (unpaired) electrons. The van der Waals surface area contributed by atoms with Crippen LogP contribution in [0.15, 0.2) is 78.2 Å². The number of hydrogen-bond acceptors (Lipinski definition) is 6. The Labute approximate surface area is 197 Å². The summed E-state index contributed by atoms with van der Waals surface area (Å²) in [5.74, 6) is 1.47. The van der Waals surface area contributed by atoms with E-state index in [1.165, 1.54) is 25.7 Å². The van der Waals surface area contributed by atoms with E-state index in [-0.39, 0.29) is 0 Å². The Bertz CT molecular complexity index is 1260. The molecule has 7 heteroatoms. The predicted octanol–water partition coefficient (Wildman–Crippen LogP) is 5.81. The highest BCUT2D eigenvalue weighted by molar-refractivity contribution is 7.99. The summed E-state index contributed by atoms with van der Waals surface area (Å²) in [5, 5.41) is 19.8. The fourth-order valence-electron chi connectivity index (χ4n) is 4.08. The zero-order valence-electron chi connectivity index (χ0n) is 18.1. The van der Waals surface area contributed by atoms with Gasteiger partial charge in [-0.15, -0.1) is 10.2 Å². The summed E-state index contributed by atoms with van der Waals surface area (Å²) in [4.78, 5) is 4.28. The van der Waals surface area contributed by atoms with Gasteiger partial charge in [0.25, 0.3) is 0 Å². The van der Waals surface area contributed by atoms with Crippen LogP contribution in [0.4, 0.5) is 0 Å². The van der Waals surface area contributed by atoms with Crippen molar-refractivity contribution >= 4 is 11.8 Å². The molecular formula is C26H23N5OS. The second kappa shape index (κ2) is 9.88. The molecule has 0 spiro atoms. The minimum atomic E-state index is 0.293. The molecule has 0 N–H and O–H groups in total. The van der Waals surface area contributed by atoms with Crippen molar-refractivity contribution in [3.8, 4) is 28.6 Å². The van der Waals surface area contributed by atoms with Gasteiger partial charge in [-0.3, -0.25) is 9.55 Å². The Kier molecular flexibility index (Phi) is 6.36. The Morgan fingerprint density at radius 3 is 2.58 bits per heavy atom. The van der Waals surface area contributed by atoms with Crippen molar-refractivity contribution in [1.29, 1.82) is 5.26 Å². The lowest BCUT2D eigenvalue weighted by atomic mass is 10.0. The Morgan fingerprint density at radius 2 is 1.82 bits per heavy atom. The van der Waals surface area contributed by atoms with Gasteiger partial charge in [-0.1, -0.05) is 54.9 Å². The van der Waals surface area contributed by atoms with Gasteiger partial charge in [-0.05, 0) is 54.3 Å². The fourth-order valence-corrected chi connectivity index (χ4v) is 5.35. The summed E-state index contributed by atoms with van der Waals surface area (Å²) in [5.41, 5.74) is 3.48. The second-order valence-corrected chi connectivity index (χ2v) is 9.21. The molecule has 4 aromatic rings. The van der Waals surface area contributed by atoms with Crippen molar-refractivity contribution in [1.82, 2.24) is 19.7 Å². The number of rotatable bonds is 7. The quantitative estimate of drug-likeness (QED) is 0.351. The number of ether oxygens (including phenoxy) is 1. The van der Waals surface area contributed by atoms with Crippen LogP contribution < -0.4 is 4.74 Å². The first-order chi connectivity index (χ1) is 16.3. The third kappa shape index (κ3) is 4.76. The molecule has 164 valence electrons. The molecule has 0 aliphatic heterocycles. The van der Waals surface area contributed by atoms with Crippen LogP contribution >= 0.6 is 11.8 Å². The molecule has 33 heavy (non-hydrogen) atoms. The summed E-state index contributed by atoms with van der Waals surface area (Å²) < 4.78 is 8.12. The van der Waals surface area contributed by atoms with E-state index >= 15 is 0 Å². The molecule has 0 bridgehead atoms. The number of aromatic nitrogens is 4. The number of benzene rings is 2. The molecule has 2 aromatic carbocycles. The average molecular weight is 454 g/mol. The predicted molar refractivity (Wildman–Crippen MR) is 128 cm³/mol. The molecule has 1 saturated carbocycles. The molecule has 2 heterocycles. The van der Waals surface area contributed by atoms with E-state index in [4.69, 9.17) is 4.74 Å². The number of thioether (sulfide) groups is 1. The summed E-state index contributed by atoms with van der Waals surface area (Å²) in [7, 11) is 0. The first kappa shape index (κ1) is 21.2. The Morgan fingerprint density at radius 1 is 1.00 bits per heavy atom. The monoisotopic (exact) mass is 453 g/mol. The third-order valence-corrected chi connectivity index (χ3v) is 7.04. The molecule has 0 amide bonds. The Hall–Kier alpha value is -3.63. The summed E-state index contributed by atoms with van der Waals surface area (Å²) in [6.07, 6.45) is 8.59. The van der Waals surface area contributed by atoms with Gasteiger partial charge in [0.1, 0.15) is 12.4 Å². The van der Waals surface area contributed by atoms with Gasteiger partial charge in [0, 0.05) is 11.4 Å². The lowest BCUT2D eigenvalue weighted by molar-refractivity contribution is 0.293. The number of pyridine rings is 1. The van der Waals surface area contributed by atoms with Gasteiger partial charge < -0.3 is 4.74 Å². The molecule has 5 rings (SSSR count). The first-order valence-corrected chi connectivity index (χ1v) is 11.9. The van der Waals surface area contributed by atoms with E-state index < -0.39 is 0 Å². The van der Waals surface area contributed by atoms with E-state index in [1.54, 1.807) is 18.0 Å². The standard InChI is InChI=1S/C26H23N5OS/c27-16-20-6-1-4-10-24(20)19-11-13-22(14-12-19)32-18-25-29-30-26(33-23-8-2-3-9-23)31(25)21-7-5-15-28-17-21/h1,4-7,10-15,17,23H,2-3,8-9,18H2. The van der Waals surface area contributed by atoms with Crippen molar-refractivity contribution < 1.29 is 4.74 Å². The number of nitriles is 1. The van der Waals surface area contributed by atoms with Crippen molar-refractivity contribution in [3.63, 3.8) is 0 Å². The maximum Gasteiger partial charge on any atom is 0.196 e. The molecule has 1 fully saturated rings. The number of hydrogen-bond donors (Lipinski definition) is 0. The molecule has 1 aliphatic carbocycles. The zero-order chi connectivity index (χ0) is 22.5. The van der Waals surface area contributed by atoms with Gasteiger partial charge >= 0.3 is 0 Å². The summed E-state index contributed by atoms with van der Waals surface area (Å²) in [6.45, 7) is 0.293. The van der Waals surface area contributed by atoms with Crippen LogP contribution in [0.1, 0.15) is 37.1 Å². The van der Waals surface area contributed by atoms with E-state index in [9.17, 15) is 5.26 Å². The zero-order valence-corrected chi connectivity index (χ0v) is 18.9. The minimum absolute atomic E-state index is 0.293. The van der Waals surface area contributed by atoms with Crippen LogP contribution in [-0.4, -0.2) is 25.0 Å². The first-order valence-electron chi connectivity index (χ1n) is 11.1. The van der Waals surface area contributed by atoms with Crippen LogP contribution in [-0.2, 0) is 6.61 Å². The van der Waals surface area contributed by atoms with Gasteiger partial charge in [0.05, 0.1) is 23.5 Å². The highest BCUT2D eigenvalue weighted by atomic mass is 32.2. The summed E-state index contributed by atoms with van der Waals surface area (Å²) >= 11 is 1.80. The molecule has 1 aliphatic rings. The van der Waals surface area contributed by atoms with Crippen LogP contribution in [0.3, 0.4) is 0 Å². The van der Waals surface area contributed by atoms with Crippen molar-refractivity contribution in [2.24, 2.45) is 0 Å². The molecular weight excluding hydrogens is 430 g/mol. The lowest BCUT2D eigenvalue weighted by Gasteiger charge is -2.13. The largest absolute Gasteiger partial charge is 0.486 e. The topological polar surface area (TPSA) is 76.6 Å². The maximum absolute atomic E-state index is 9.36. The molecule has 0 atom stereocenters. The van der Waals surface area contributed by atoms with Gasteiger partial charge in [-0.2, -0.15) is 5.26 Å². The van der Waals surface area contributed by atoms with E-state index in [0.29, 0.717) is 17.4 Å². The van der Waals surface area contributed by atoms with E-state index in [0.717, 1.165) is 33.5 Å². The highest BCUT2D eigenvalue weighted by Crippen LogP contribution is 2.35. The molecule has 0 saturated heterocycles. The van der Waals surface area contributed by atoms with Crippen molar-refractivity contribution in [2.45, 2.75) is 42.7 Å². The van der Waals surface area contributed by atoms with Gasteiger partial charge in [0.2, 0.25) is 0 Å². The minimum Gasteiger partial charge on any atom is -0.486 e. The fraction of sp³-hybridized carbons (Fsp3) is 0.231.